The lowest BCUT2D eigenvalue weighted by Crippen LogP contribution is -2.49. The average molecular weight is 651 g/mol. The minimum absolute atomic E-state index is 0.0783. The van der Waals surface area contributed by atoms with E-state index < -0.39 is 31.5 Å². The lowest BCUT2D eigenvalue weighted by atomic mass is 9.89. The molecule has 1 fully saturated rings. The third-order valence-corrected chi connectivity index (χ3v) is 9.17. The molecule has 0 radical (unpaired) electrons. The number of hydrogen-bond donors (Lipinski definition) is 2. The number of nitrogens with zero attached hydrogens (tertiary/aromatic N) is 4. The molecular weight excluding hydrogens is 614 g/mol. The Balaban J connectivity index is 1.46. The van der Waals surface area contributed by atoms with Crippen molar-refractivity contribution in [3.05, 3.63) is 60.1 Å². The van der Waals surface area contributed by atoms with Crippen molar-refractivity contribution in [2.24, 2.45) is 5.41 Å². The molecular formula is C32H36F2N6O5Si. The predicted molar refractivity (Wildman–Crippen MR) is 171 cm³/mol. The minimum Gasteiger partial charge on any atom is -0.480 e. The maximum atomic E-state index is 15.3. The molecule has 0 atom stereocenters. The largest absolute Gasteiger partial charge is 0.480 e. The first-order valence-corrected chi connectivity index (χ1v) is 18.4. The van der Waals surface area contributed by atoms with Gasteiger partial charge in [-0.25, -0.2) is 23.5 Å². The number of pyridine rings is 2. The van der Waals surface area contributed by atoms with E-state index in [1.165, 1.54) is 25.6 Å². The number of ether oxygens (including phenoxy) is 4. The number of aromatic nitrogens is 3. The highest BCUT2D eigenvalue weighted by Gasteiger charge is 2.33. The monoisotopic (exact) mass is 650 g/mol. The molecule has 1 aliphatic heterocycles. The lowest BCUT2D eigenvalue weighted by Gasteiger charge is -2.37. The predicted octanol–water partition coefficient (Wildman–Crippen LogP) is 6.52. The SMILES string of the molecule is COc1ncc(-c2cn(COCC[Si](C)(C)C)c3nccc(Oc4c(F)cc(NC(=O)NCC5(C)COC5)cc4F)c23)cc1C#N. The molecule has 46 heavy (non-hydrogen) atoms. The van der Waals surface area contributed by atoms with Crippen molar-refractivity contribution in [1.29, 1.82) is 5.26 Å². The Bertz CT molecular complexity index is 1780. The molecule has 0 aliphatic carbocycles. The normalized spacial score (nSPS) is 14.0. The Labute approximate surface area is 266 Å². The first kappa shape index (κ1) is 32.8. The fourth-order valence-electron chi connectivity index (χ4n) is 4.83. The molecule has 4 aromatic rings. The summed E-state index contributed by atoms with van der Waals surface area (Å²) < 4.78 is 54.7. The van der Waals surface area contributed by atoms with Gasteiger partial charge in [-0.3, -0.25) is 0 Å². The number of benzene rings is 1. The number of fused-ring (bicyclic) bond motifs is 1. The molecule has 0 saturated carbocycles. The standard InChI is InChI=1S/C32H36F2N6O5Si/c1-32(17-44-18-32)16-38-31(41)39-22-11-24(33)28(25(34)12-22)45-26-6-7-36-29-27(26)23(15-40(29)19-43-8-9-46(3,4)5)21-10-20(13-35)30(42-2)37-14-21/h6-7,10-12,14-15H,8-9,16-19H2,1-5H3,(H2,38,39,41). The number of hydrogen-bond acceptors (Lipinski definition) is 8. The Morgan fingerprint density at radius 3 is 2.57 bits per heavy atom. The van der Waals surface area contributed by atoms with Gasteiger partial charge in [0.15, 0.2) is 17.4 Å². The van der Waals surface area contributed by atoms with Crippen molar-refractivity contribution in [1.82, 2.24) is 19.9 Å². The number of carbonyl (C=O) groups excluding carboxylic acids is 1. The highest BCUT2D eigenvalue weighted by atomic mass is 28.3. The molecule has 11 nitrogen and oxygen atoms in total. The topological polar surface area (TPSA) is 133 Å². The van der Waals surface area contributed by atoms with Gasteiger partial charge in [-0.1, -0.05) is 26.6 Å². The van der Waals surface area contributed by atoms with Crippen LogP contribution in [0.15, 0.2) is 42.9 Å². The Morgan fingerprint density at radius 1 is 1.20 bits per heavy atom. The van der Waals surface area contributed by atoms with E-state index in [1.807, 2.05) is 6.92 Å². The molecule has 1 saturated heterocycles. The first-order valence-electron chi connectivity index (χ1n) is 14.7. The van der Waals surface area contributed by atoms with E-state index in [-0.39, 0.29) is 35.0 Å². The second kappa shape index (κ2) is 13.4. The van der Waals surface area contributed by atoms with Gasteiger partial charge < -0.3 is 34.1 Å². The lowest BCUT2D eigenvalue weighted by molar-refractivity contribution is -0.0974. The smallest absolute Gasteiger partial charge is 0.319 e. The summed E-state index contributed by atoms with van der Waals surface area (Å²) in [4.78, 5) is 21.1. The van der Waals surface area contributed by atoms with Crippen LogP contribution in [0.25, 0.3) is 22.2 Å². The minimum atomic E-state index is -1.33. The summed E-state index contributed by atoms with van der Waals surface area (Å²) >= 11 is 0. The zero-order chi connectivity index (χ0) is 33.1. The van der Waals surface area contributed by atoms with Crippen molar-refractivity contribution < 1.29 is 32.5 Å². The Hall–Kier alpha value is -4.58. The molecule has 4 heterocycles. The summed E-state index contributed by atoms with van der Waals surface area (Å²) in [5.41, 5.74) is 1.49. The number of nitrogens with one attached hydrogen (secondary N) is 2. The third kappa shape index (κ3) is 7.44. The van der Waals surface area contributed by atoms with E-state index in [2.05, 4.69) is 46.3 Å². The van der Waals surface area contributed by atoms with Gasteiger partial charge in [0.2, 0.25) is 5.88 Å². The molecule has 1 aliphatic rings. The molecule has 2 amide bonds. The van der Waals surface area contributed by atoms with Crippen LogP contribution in [-0.2, 0) is 16.2 Å². The quantitative estimate of drug-likeness (QED) is 0.131. The van der Waals surface area contributed by atoms with Gasteiger partial charge in [-0.05, 0) is 18.2 Å². The van der Waals surface area contributed by atoms with Crippen LogP contribution in [0.2, 0.25) is 25.7 Å². The highest BCUT2D eigenvalue weighted by molar-refractivity contribution is 6.76. The van der Waals surface area contributed by atoms with E-state index in [9.17, 15) is 10.1 Å². The second-order valence-electron chi connectivity index (χ2n) is 12.7. The van der Waals surface area contributed by atoms with Crippen LogP contribution >= 0.6 is 0 Å². The van der Waals surface area contributed by atoms with E-state index in [0.717, 1.165) is 18.2 Å². The molecule has 3 aromatic heterocycles. The summed E-state index contributed by atoms with van der Waals surface area (Å²) in [6.07, 6.45) is 4.78. The van der Waals surface area contributed by atoms with Gasteiger partial charge in [-0.2, -0.15) is 5.26 Å². The number of halogens is 2. The number of anilines is 1. The zero-order valence-corrected chi connectivity index (χ0v) is 27.4. The number of urea groups is 1. The molecule has 14 heteroatoms. The summed E-state index contributed by atoms with van der Waals surface area (Å²) in [7, 11) is 0.0936. The highest BCUT2D eigenvalue weighted by Crippen LogP contribution is 2.40. The summed E-state index contributed by atoms with van der Waals surface area (Å²) in [6.45, 7) is 10.9. The summed E-state index contributed by atoms with van der Waals surface area (Å²) in [5, 5.41) is 15.3. The number of rotatable bonds is 12. The van der Waals surface area contributed by atoms with Gasteiger partial charge >= 0.3 is 6.03 Å². The van der Waals surface area contributed by atoms with Gasteiger partial charge in [0.05, 0.1) is 25.7 Å². The first-order chi connectivity index (χ1) is 21.9. The van der Waals surface area contributed by atoms with Crippen LogP contribution in [-0.4, -0.2) is 62.1 Å². The molecule has 0 bridgehead atoms. The van der Waals surface area contributed by atoms with Gasteiger partial charge in [0, 0.05) is 74.2 Å². The molecule has 5 rings (SSSR count). The van der Waals surface area contributed by atoms with E-state index in [4.69, 9.17) is 18.9 Å². The Morgan fingerprint density at radius 2 is 1.93 bits per heavy atom. The van der Waals surface area contributed by atoms with Crippen LogP contribution in [0.4, 0.5) is 19.3 Å². The second-order valence-corrected chi connectivity index (χ2v) is 18.4. The number of methoxy groups -OCH3 is 1. The summed E-state index contributed by atoms with van der Waals surface area (Å²) in [6, 6.07) is 7.51. The van der Waals surface area contributed by atoms with Crippen molar-refractivity contribution in [2.75, 3.05) is 38.8 Å². The number of carbonyl (C=O) groups is 1. The molecule has 1 aromatic carbocycles. The van der Waals surface area contributed by atoms with Crippen molar-refractivity contribution >= 4 is 30.8 Å². The maximum absolute atomic E-state index is 15.3. The van der Waals surface area contributed by atoms with E-state index in [1.54, 1.807) is 16.8 Å². The molecule has 242 valence electrons. The number of amides is 2. The van der Waals surface area contributed by atoms with Crippen molar-refractivity contribution in [3.8, 4) is 34.6 Å². The third-order valence-electron chi connectivity index (χ3n) is 7.47. The van der Waals surface area contributed by atoms with Crippen LogP contribution in [0.5, 0.6) is 17.4 Å². The Kier molecular flexibility index (Phi) is 9.57. The number of nitriles is 1. The fourth-order valence-corrected chi connectivity index (χ4v) is 5.59. The molecule has 0 spiro atoms. The molecule has 2 N–H and O–H groups in total. The fraction of sp³-hybridized carbons (Fsp3) is 0.375. The van der Waals surface area contributed by atoms with E-state index in [0.29, 0.717) is 48.5 Å². The van der Waals surface area contributed by atoms with Gasteiger partial charge in [0.1, 0.15) is 29.8 Å². The average Bonchev–Trinajstić information content (AvgIpc) is 3.37. The van der Waals surface area contributed by atoms with Gasteiger partial charge in [0.25, 0.3) is 0 Å². The van der Waals surface area contributed by atoms with Crippen LogP contribution in [0.1, 0.15) is 12.5 Å². The van der Waals surface area contributed by atoms with Crippen LogP contribution in [0.3, 0.4) is 0 Å². The summed E-state index contributed by atoms with van der Waals surface area (Å²) in [5.74, 6) is -2.42. The van der Waals surface area contributed by atoms with Crippen LogP contribution in [0, 0.1) is 28.4 Å². The van der Waals surface area contributed by atoms with Crippen molar-refractivity contribution in [2.45, 2.75) is 39.3 Å². The van der Waals surface area contributed by atoms with Crippen LogP contribution < -0.4 is 20.1 Å². The zero-order valence-electron chi connectivity index (χ0n) is 26.4. The molecule has 0 unspecified atom stereocenters. The van der Waals surface area contributed by atoms with E-state index >= 15 is 8.78 Å². The van der Waals surface area contributed by atoms with Gasteiger partial charge in [-0.15, -0.1) is 0 Å². The maximum Gasteiger partial charge on any atom is 0.319 e. The van der Waals surface area contributed by atoms with Crippen molar-refractivity contribution in [3.63, 3.8) is 0 Å².